The quantitative estimate of drug-likeness (QED) is 0.538. The molecule has 3 rings (SSSR count). The van der Waals surface area contributed by atoms with Gasteiger partial charge in [0.05, 0.1) is 19.3 Å². The second-order valence-electron chi connectivity index (χ2n) is 5.68. The van der Waals surface area contributed by atoms with Gasteiger partial charge in [0.25, 0.3) is 5.56 Å². The lowest BCUT2D eigenvalue weighted by Gasteiger charge is -2.30. The Balaban J connectivity index is 2.20. The molecule has 0 spiro atoms. The van der Waals surface area contributed by atoms with E-state index in [1.54, 1.807) is 31.2 Å². The summed E-state index contributed by atoms with van der Waals surface area (Å²) in [5.74, 6) is -2.88. The smallest absolute Gasteiger partial charge is 0.319 e. The molecular formula is C17H18N4O5. The van der Waals surface area contributed by atoms with Gasteiger partial charge in [0.2, 0.25) is 11.9 Å². The number of rotatable bonds is 4. The molecule has 0 saturated heterocycles. The zero-order valence-corrected chi connectivity index (χ0v) is 14.2. The highest BCUT2D eigenvalue weighted by molar-refractivity contribution is 6.08. The Bertz CT molecular complexity index is 906. The Morgan fingerprint density at radius 2 is 1.96 bits per heavy atom. The summed E-state index contributed by atoms with van der Waals surface area (Å²) < 4.78 is 10.2. The molecule has 2 unspecified atom stereocenters. The van der Waals surface area contributed by atoms with Gasteiger partial charge in [-0.25, -0.2) is 0 Å². The van der Waals surface area contributed by atoms with E-state index < -0.39 is 29.3 Å². The highest BCUT2D eigenvalue weighted by Crippen LogP contribution is 2.39. The average molecular weight is 358 g/mol. The number of nitrogens with two attached hydrogens (primary N) is 1. The standard InChI is InChI=1S/C17H18N4O5/c1-3-26-16(24)12-10(8-4-6-9(25-2)7-5-8)11-13(19-15(12)23)20-17(18)21-14(11)22/h4-7,10,12H,3H2,1-2H3,(H4,18,19,20,21,22,23). The molecule has 1 aromatic heterocycles. The van der Waals surface area contributed by atoms with Crippen LogP contribution in [-0.4, -0.2) is 35.6 Å². The van der Waals surface area contributed by atoms with Crippen LogP contribution < -0.4 is 21.3 Å². The SMILES string of the molecule is CCOC(=O)C1C(=O)Nc2nc(N)[nH]c(=O)c2C1c1ccc(OC)cc1. The number of amides is 1. The summed E-state index contributed by atoms with van der Waals surface area (Å²) >= 11 is 0. The number of nitrogens with zero attached hydrogens (tertiary/aromatic N) is 1. The van der Waals surface area contributed by atoms with Crippen LogP contribution in [0.4, 0.5) is 11.8 Å². The number of carbonyl (C=O) groups excluding carboxylic acids is 2. The van der Waals surface area contributed by atoms with Crippen LogP contribution >= 0.6 is 0 Å². The fourth-order valence-corrected chi connectivity index (χ4v) is 3.04. The molecule has 4 N–H and O–H groups in total. The summed E-state index contributed by atoms with van der Waals surface area (Å²) in [6.07, 6.45) is 0. The lowest BCUT2D eigenvalue weighted by molar-refractivity contribution is -0.151. The normalized spacial score (nSPS) is 18.6. The van der Waals surface area contributed by atoms with Crippen molar-refractivity contribution in [3.8, 4) is 5.75 Å². The molecule has 1 aromatic carbocycles. The summed E-state index contributed by atoms with van der Waals surface area (Å²) in [4.78, 5) is 43.9. The second kappa shape index (κ2) is 6.87. The maximum atomic E-state index is 12.6. The van der Waals surface area contributed by atoms with Crippen LogP contribution in [0.25, 0.3) is 0 Å². The molecule has 9 nitrogen and oxygen atoms in total. The number of hydrogen-bond donors (Lipinski definition) is 3. The molecule has 0 aliphatic carbocycles. The molecule has 2 atom stereocenters. The van der Waals surface area contributed by atoms with Gasteiger partial charge in [0.15, 0.2) is 0 Å². The van der Waals surface area contributed by atoms with Crippen LogP contribution in [0.1, 0.15) is 24.0 Å². The van der Waals surface area contributed by atoms with Gasteiger partial charge in [-0.2, -0.15) is 4.98 Å². The van der Waals surface area contributed by atoms with E-state index in [0.29, 0.717) is 11.3 Å². The van der Waals surface area contributed by atoms with E-state index in [1.807, 2.05) is 0 Å². The number of carbonyl (C=O) groups is 2. The lowest BCUT2D eigenvalue weighted by Crippen LogP contribution is -2.43. The first-order chi connectivity index (χ1) is 12.5. The van der Waals surface area contributed by atoms with Gasteiger partial charge in [-0.1, -0.05) is 12.1 Å². The minimum Gasteiger partial charge on any atom is -0.497 e. The monoisotopic (exact) mass is 358 g/mol. The maximum absolute atomic E-state index is 12.6. The number of nitrogen functional groups attached to an aromatic ring is 1. The average Bonchev–Trinajstić information content (AvgIpc) is 2.60. The number of H-pyrrole nitrogens is 1. The summed E-state index contributed by atoms with van der Waals surface area (Å²) in [6, 6.07) is 6.74. The van der Waals surface area contributed by atoms with E-state index in [0.717, 1.165) is 0 Å². The van der Waals surface area contributed by atoms with Crippen molar-refractivity contribution in [1.82, 2.24) is 9.97 Å². The van der Waals surface area contributed by atoms with Crippen molar-refractivity contribution in [1.29, 1.82) is 0 Å². The van der Waals surface area contributed by atoms with E-state index >= 15 is 0 Å². The number of ether oxygens (including phenoxy) is 2. The predicted octanol–water partition coefficient (Wildman–Crippen LogP) is 0.624. The van der Waals surface area contributed by atoms with Gasteiger partial charge in [0, 0.05) is 5.92 Å². The second-order valence-corrected chi connectivity index (χ2v) is 5.68. The zero-order chi connectivity index (χ0) is 18.8. The largest absolute Gasteiger partial charge is 0.497 e. The van der Waals surface area contributed by atoms with Gasteiger partial charge >= 0.3 is 5.97 Å². The number of anilines is 2. The molecule has 2 aromatic rings. The van der Waals surface area contributed by atoms with Gasteiger partial charge in [-0.3, -0.25) is 19.4 Å². The highest BCUT2D eigenvalue weighted by Gasteiger charge is 2.45. The van der Waals surface area contributed by atoms with Crippen molar-refractivity contribution in [2.45, 2.75) is 12.8 Å². The molecule has 1 amide bonds. The number of methoxy groups -OCH3 is 1. The third kappa shape index (κ3) is 2.99. The summed E-state index contributed by atoms with van der Waals surface area (Å²) in [7, 11) is 1.52. The topological polar surface area (TPSA) is 136 Å². The molecular weight excluding hydrogens is 340 g/mol. The summed E-state index contributed by atoms with van der Waals surface area (Å²) in [5, 5.41) is 2.48. The van der Waals surface area contributed by atoms with Crippen molar-refractivity contribution < 1.29 is 19.1 Å². The number of hydrogen-bond acceptors (Lipinski definition) is 7. The van der Waals surface area contributed by atoms with E-state index in [-0.39, 0.29) is 23.9 Å². The minimum atomic E-state index is -1.22. The van der Waals surface area contributed by atoms with Gasteiger partial charge < -0.3 is 20.5 Å². The van der Waals surface area contributed by atoms with E-state index in [1.165, 1.54) is 7.11 Å². The zero-order valence-electron chi connectivity index (χ0n) is 14.2. The fourth-order valence-electron chi connectivity index (χ4n) is 3.04. The Morgan fingerprint density at radius 3 is 2.58 bits per heavy atom. The van der Waals surface area contributed by atoms with Crippen molar-refractivity contribution in [3.63, 3.8) is 0 Å². The van der Waals surface area contributed by atoms with Crippen molar-refractivity contribution in [2.75, 3.05) is 24.8 Å². The van der Waals surface area contributed by atoms with Crippen molar-refractivity contribution >= 4 is 23.6 Å². The molecule has 0 radical (unpaired) electrons. The van der Waals surface area contributed by atoms with Gasteiger partial charge in [-0.05, 0) is 24.6 Å². The maximum Gasteiger partial charge on any atom is 0.319 e. The van der Waals surface area contributed by atoms with Gasteiger partial charge in [-0.15, -0.1) is 0 Å². The van der Waals surface area contributed by atoms with E-state index in [9.17, 15) is 14.4 Å². The van der Waals surface area contributed by atoms with E-state index in [4.69, 9.17) is 15.2 Å². The number of fused-ring (bicyclic) bond motifs is 1. The molecule has 9 heteroatoms. The first-order valence-corrected chi connectivity index (χ1v) is 7.97. The molecule has 26 heavy (non-hydrogen) atoms. The Kier molecular flexibility index (Phi) is 4.61. The summed E-state index contributed by atoms with van der Waals surface area (Å²) in [5.41, 5.74) is 5.78. The molecule has 0 fully saturated rings. The van der Waals surface area contributed by atoms with Crippen LogP contribution in [0.15, 0.2) is 29.1 Å². The molecule has 2 heterocycles. The van der Waals surface area contributed by atoms with Crippen LogP contribution in [0.3, 0.4) is 0 Å². The molecule has 136 valence electrons. The number of benzene rings is 1. The fraction of sp³-hybridized carbons (Fsp3) is 0.294. The lowest BCUT2D eigenvalue weighted by atomic mass is 9.78. The first-order valence-electron chi connectivity index (χ1n) is 7.97. The van der Waals surface area contributed by atoms with Crippen LogP contribution in [0.2, 0.25) is 0 Å². The highest BCUT2D eigenvalue weighted by atomic mass is 16.5. The number of nitrogens with one attached hydrogen (secondary N) is 2. The van der Waals surface area contributed by atoms with Gasteiger partial charge in [0.1, 0.15) is 17.5 Å². The predicted molar refractivity (Wildman–Crippen MR) is 92.9 cm³/mol. The molecule has 0 saturated carbocycles. The molecule has 1 aliphatic rings. The van der Waals surface area contributed by atoms with Crippen LogP contribution in [0, 0.1) is 5.92 Å². The number of aromatic nitrogens is 2. The Labute approximate surface area is 148 Å². The summed E-state index contributed by atoms with van der Waals surface area (Å²) in [6.45, 7) is 1.76. The third-order valence-corrected chi connectivity index (χ3v) is 4.16. The van der Waals surface area contributed by atoms with Crippen molar-refractivity contribution in [3.05, 3.63) is 45.7 Å². The minimum absolute atomic E-state index is 0.0395. The Morgan fingerprint density at radius 1 is 1.27 bits per heavy atom. The molecule has 0 bridgehead atoms. The Hall–Kier alpha value is -3.36. The van der Waals surface area contributed by atoms with E-state index in [2.05, 4.69) is 15.3 Å². The molecule has 1 aliphatic heterocycles. The van der Waals surface area contributed by atoms with Crippen LogP contribution in [0.5, 0.6) is 5.75 Å². The third-order valence-electron chi connectivity index (χ3n) is 4.16. The number of esters is 1. The first kappa shape index (κ1) is 17.5. The number of aromatic amines is 1. The van der Waals surface area contributed by atoms with Crippen LogP contribution in [-0.2, 0) is 14.3 Å². The van der Waals surface area contributed by atoms with Crippen molar-refractivity contribution in [2.24, 2.45) is 5.92 Å².